The SMILES string of the molecule is CCC(CCN)CCC(=O)Nc1cc(C)ccc1O. The van der Waals surface area contributed by atoms with E-state index in [0.29, 0.717) is 24.6 Å². The Morgan fingerprint density at radius 3 is 2.79 bits per heavy atom. The molecule has 0 aliphatic heterocycles. The number of nitrogens with one attached hydrogen (secondary N) is 1. The summed E-state index contributed by atoms with van der Waals surface area (Å²) < 4.78 is 0. The van der Waals surface area contributed by atoms with E-state index >= 15 is 0 Å². The van der Waals surface area contributed by atoms with Crippen LogP contribution in [0.3, 0.4) is 0 Å². The summed E-state index contributed by atoms with van der Waals surface area (Å²) in [5, 5.41) is 12.4. The monoisotopic (exact) mass is 264 g/mol. The normalized spacial score (nSPS) is 12.2. The van der Waals surface area contributed by atoms with E-state index in [9.17, 15) is 9.90 Å². The van der Waals surface area contributed by atoms with Crippen LogP contribution in [0, 0.1) is 12.8 Å². The number of phenolic OH excluding ortho intramolecular Hbond substituents is 1. The molecule has 0 saturated heterocycles. The van der Waals surface area contributed by atoms with E-state index in [1.165, 1.54) is 0 Å². The van der Waals surface area contributed by atoms with Crippen molar-refractivity contribution >= 4 is 11.6 Å². The summed E-state index contributed by atoms with van der Waals surface area (Å²) in [5.41, 5.74) is 7.02. The van der Waals surface area contributed by atoms with Crippen molar-refractivity contribution in [2.75, 3.05) is 11.9 Å². The highest BCUT2D eigenvalue weighted by molar-refractivity contribution is 5.92. The second-order valence-corrected chi connectivity index (χ2v) is 4.96. The van der Waals surface area contributed by atoms with E-state index in [1.54, 1.807) is 18.2 Å². The Bertz CT molecular complexity index is 419. The molecule has 4 nitrogen and oxygen atoms in total. The Labute approximate surface area is 115 Å². The molecule has 0 bridgehead atoms. The third-order valence-electron chi connectivity index (χ3n) is 3.36. The quantitative estimate of drug-likeness (QED) is 0.663. The molecule has 0 spiro atoms. The van der Waals surface area contributed by atoms with Gasteiger partial charge in [-0.1, -0.05) is 19.4 Å². The Hall–Kier alpha value is -1.55. The summed E-state index contributed by atoms with van der Waals surface area (Å²) in [6.07, 6.45) is 3.30. The van der Waals surface area contributed by atoms with Gasteiger partial charge in [-0.2, -0.15) is 0 Å². The fourth-order valence-electron chi connectivity index (χ4n) is 2.09. The van der Waals surface area contributed by atoms with Crippen LogP contribution in [0.15, 0.2) is 18.2 Å². The third kappa shape index (κ3) is 5.30. The molecule has 0 fully saturated rings. The highest BCUT2D eigenvalue weighted by Gasteiger charge is 2.10. The maximum absolute atomic E-state index is 11.8. The van der Waals surface area contributed by atoms with Crippen molar-refractivity contribution in [1.82, 2.24) is 0 Å². The minimum atomic E-state index is -0.0589. The lowest BCUT2D eigenvalue weighted by Crippen LogP contribution is -2.15. The van der Waals surface area contributed by atoms with Gasteiger partial charge in [0, 0.05) is 6.42 Å². The van der Waals surface area contributed by atoms with E-state index in [0.717, 1.165) is 24.8 Å². The van der Waals surface area contributed by atoms with Gasteiger partial charge >= 0.3 is 0 Å². The van der Waals surface area contributed by atoms with Crippen molar-refractivity contribution in [1.29, 1.82) is 0 Å². The topological polar surface area (TPSA) is 75.4 Å². The second kappa shape index (κ2) is 7.79. The molecule has 0 radical (unpaired) electrons. The molecule has 1 aromatic carbocycles. The van der Waals surface area contributed by atoms with Gasteiger partial charge in [0.15, 0.2) is 0 Å². The van der Waals surface area contributed by atoms with Crippen molar-refractivity contribution in [3.63, 3.8) is 0 Å². The summed E-state index contributed by atoms with van der Waals surface area (Å²) >= 11 is 0. The molecule has 106 valence electrons. The minimum absolute atomic E-state index is 0.0589. The number of anilines is 1. The molecule has 1 amide bonds. The molecule has 19 heavy (non-hydrogen) atoms. The first-order valence-electron chi connectivity index (χ1n) is 6.86. The van der Waals surface area contributed by atoms with Crippen LogP contribution in [0.5, 0.6) is 5.75 Å². The molecule has 4 N–H and O–H groups in total. The van der Waals surface area contributed by atoms with Crippen molar-refractivity contribution in [2.24, 2.45) is 11.7 Å². The average molecular weight is 264 g/mol. The van der Waals surface area contributed by atoms with Gasteiger partial charge in [0.05, 0.1) is 5.69 Å². The lowest BCUT2D eigenvalue weighted by Gasteiger charge is -2.13. The zero-order valence-electron chi connectivity index (χ0n) is 11.8. The first-order chi connectivity index (χ1) is 9.06. The molecule has 1 unspecified atom stereocenters. The Morgan fingerprint density at radius 2 is 2.16 bits per heavy atom. The molecule has 0 heterocycles. The van der Waals surface area contributed by atoms with Gasteiger partial charge in [-0.15, -0.1) is 0 Å². The number of benzene rings is 1. The smallest absolute Gasteiger partial charge is 0.224 e. The maximum atomic E-state index is 11.8. The van der Waals surface area contributed by atoms with Crippen molar-refractivity contribution < 1.29 is 9.90 Å². The number of aryl methyl sites for hydroxylation is 1. The number of phenols is 1. The number of hydrogen-bond donors (Lipinski definition) is 3. The van der Waals surface area contributed by atoms with Gasteiger partial charge in [0.2, 0.25) is 5.91 Å². The zero-order valence-corrected chi connectivity index (χ0v) is 11.8. The van der Waals surface area contributed by atoms with Crippen molar-refractivity contribution in [3.8, 4) is 5.75 Å². The number of aromatic hydroxyl groups is 1. The zero-order chi connectivity index (χ0) is 14.3. The second-order valence-electron chi connectivity index (χ2n) is 4.96. The molecule has 0 saturated carbocycles. The summed E-state index contributed by atoms with van der Waals surface area (Å²) in [6, 6.07) is 5.16. The Kier molecular flexibility index (Phi) is 6.36. The van der Waals surface area contributed by atoms with Crippen molar-refractivity contribution in [2.45, 2.75) is 39.5 Å². The average Bonchev–Trinajstić information content (AvgIpc) is 2.39. The Morgan fingerprint density at radius 1 is 1.42 bits per heavy atom. The van der Waals surface area contributed by atoms with E-state index in [-0.39, 0.29) is 11.7 Å². The Balaban J connectivity index is 2.48. The number of rotatable bonds is 7. The first-order valence-corrected chi connectivity index (χ1v) is 6.86. The van der Waals surface area contributed by atoms with Gasteiger partial charge in [-0.25, -0.2) is 0 Å². The summed E-state index contributed by atoms with van der Waals surface area (Å²) in [6.45, 7) is 4.70. The molecule has 0 aliphatic rings. The summed E-state index contributed by atoms with van der Waals surface area (Å²) in [5.74, 6) is 0.547. The van der Waals surface area contributed by atoms with E-state index in [4.69, 9.17) is 5.73 Å². The molecule has 1 aromatic rings. The largest absolute Gasteiger partial charge is 0.506 e. The predicted molar refractivity (Wildman–Crippen MR) is 78.2 cm³/mol. The fraction of sp³-hybridized carbons (Fsp3) is 0.533. The molecular weight excluding hydrogens is 240 g/mol. The highest BCUT2D eigenvalue weighted by atomic mass is 16.3. The highest BCUT2D eigenvalue weighted by Crippen LogP contribution is 2.24. The van der Waals surface area contributed by atoms with Crippen LogP contribution in [-0.4, -0.2) is 17.6 Å². The van der Waals surface area contributed by atoms with Gasteiger partial charge in [0.1, 0.15) is 5.75 Å². The van der Waals surface area contributed by atoms with Crippen LogP contribution in [0.4, 0.5) is 5.69 Å². The van der Waals surface area contributed by atoms with Crippen LogP contribution >= 0.6 is 0 Å². The van der Waals surface area contributed by atoms with Gasteiger partial charge in [0.25, 0.3) is 0 Å². The van der Waals surface area contributed by atoms with E-state index in [1.807, 2.05) is 6.92 Å². The lowest BCUT2D eigenvalue weighted by atomic mass is 9.96. The minimum Gasteiger partial charge on any atom is -0.506 e. The first kappa shape index (κ1) is 15.5. The van der Waals surface area contributed by atoms with Crippen LogP contribution in [0.1, 0.15) is 38.2 Å². The van der Waals surface area contributed by atoms with Gasteiger partial charge in [-0.3, -0.25) is 4.79 Å². The number of hydrogen-bond acceptors (Lipinski definition) is 3. The molecule has 1 atom stereocenters. The van der Waals surface area contributed by atoms with Gasteiger partial charge in [-0.05, 0) is 49.9 Å². The lowest BCUT2D eigenvalue weighted by molar-refractivity contribution is -0.116. The number of carbonyl (C=O) groups excluding carboxylic acids is 1. The number of nitrogens with two attached hydrogens (primary N) is 1. The van der Waals surface area contributed by atoms with Gasteiger partial charge < -0.3 is 16.2 Å². The molecule has 0 aliphatic carbocycles. The van der Waals surface area contributed by atoms with Crippen LogP contribution in [-0.2, 0) is 4.79 Å². The van der Waals surface area contributed by atoms with Crippen LogP contribution < -0.4 is 11.1 Å². The van der Waals surface area contributed by atoms with E-state index < -0.39 is 0 Å². The molecule has 4 heteroatoms. The van der Waals surface area contributed by atoms with Crippen molar-refractivity contribution in [3.05, 3.63) is 23.8 Å². The van der Waals surface area contributed by atoms with E-state index in [2.05, 4.69) is 12.2 Å². The third-order valence-corrected chi connectivity index (χ3v) is 3.36. The standard InChI is InChI=1S/C15H24N2O2/c1-3-12(8-9-16)5-7-15(19)17-13-10-11(2)4-6-14(13)18/h4,6,10,12,18H,3,5,7-9,16H2,1-2H3,(H,17,19). The summed E-state index contributed by atoms with van der Waals surface area (Å²) in [7, 11) is 0. The fourth-order valence-corrected chi connectivity index (χ4v) is 2.09. The molecule has 0 aromatic heterocycles. The predicted octanol–water partition coefficient (Wildman–Crippen LogP) is 2.79. The van der Waals surface area contributed by atoms with Crippen LogP contribution in [0.25, 0.3) is 0 Å². The number of carbonyl (C=O) groups is 1. The molecule has 1 rings (SSSR count). The number of amides is 1. The van der Waals surface area contributed by atoms with Crippen LogP contribution in [0.2, 0.25) is 0 Å². The summed E-state index contributed by atoms with van der Waals surface area (Å²) in [4.78, 5) is 11.8. The maximum Gasteiger partial charge on any atom is 0.224 e. The molecular formula is C15H24N2O2.